The lowest BCUT2D eigenvalue weighted by Gasteiger charge is -2.26. The van der Waals surface area contributed by atoms with Gasteiger partial charge in [0.15, 0.2) is 0 Å². The number of amides is 4. The van der Waals surface area contributed by atoms with Crippen molar-refractivity contribution in [2.24, 2.45) is 0 Å². The van der Waals surface area contributed by atoms with Crippen molar-refractivity contribution in [1.29, 1.82) is 0 Å². The molecule has 0 aromatic rings. The molecule has 8 heteroatoms. The van der Waals surface area contributed by atoms with Crippen LogP contribution in [0.15, 0.2) is 0 Å². The molecule has 2 unspecified atom stereocenters. The summed E-state index contributed by atoms with van der Waals surface area (Å²) in [6, 6.07) is 0.465. The molecule has 24 heavy (non-hydrogen) atoms. The number of rotatable bonds is 2. The van der Waals surface area contributed by atoms with Gasteiger partial charge in [-0.15, -0.1) is 12.4 Å². The Morgan fingerprint density at radius 3 is 2.58 bits per heavy atom. The van der Waals surface area contributed by atoms with Gasteiger partial charge in [-0.2, -0.15) is 0 Å². The molecular formula is C16H25ClN4O3. The fourth-order valence-electron chi connectivity index (χ4n) is 4.54. The fourth-order valence-corrected chi connectivity index (χ4v) is 4.54. The molecule has 0 aromatic carbocycles. The van der Waals surface area contributed by atoms with Crippen molar-refractivity contribution >= 4 is 30.3 Å². The Kier molecular flexibility index (Phi) is 4.75. The van der Waals surface area contributed by atoms with Crippen LogP contribution in [0.3, 0.4) is 0 Å². The van der Waals surface area contributed by atoms with Gasteiger partial charge < -0.3 is 15.5 Å². The summed E-state index contributed by atoms with van der Waals surface area (Å²) in [6.07, 6.45) is 6.53. The predicted octanol–water partition coefficient (Wildman–Crippen LogP) is 0.626. The van der Waals surface area contributed by atoms with E-state index in [1.54, 1.807) is 0 Å². The lowest BCUT2D eigenvalue weighted by molar-refractivity contribution is -0.139. The second kappa shape index (κ2) is 6.52. The molecule has 3 aliphatic heterocycles. The van der Waals surface area contributed by atoms with Crippen LogP contribution in [0.1, 0.15) is 44.9 Å². The Labute approximate surface area is 147 Å². The molecule has 2 bridgehead atoms. The molecule has 0 radical (unpaired) electrons. The van der Waals surface area contributed by atoms with Gasteiger partial charge >= 0.3 is 6.03 Å². The Hall–Kier alpha value is -1.34. The molecule has 2 N–H and O–H groups in total. The maximum absolute atomic E-state index is 12.6. The number of fused-ring (bicyclic) bond motifs is 2. The van der Waals surface area contributed by atoms with Crippen molar-refractivity contribution < 1.29 is 14.4 Å². The lowest BCUT2D eigenvalue weighted by atomic mass is 9.98. The summed E-state index contributed by atoms with van der Waals surface area (Å²) in [5.74, 6) is -0.319. The molecule has 0 aromatic heterocycles. The van der Waals surface area contributed by atoms with Gasteiger partial charge in [0, 0.05) is 25.2 Å². The molecule has 4 amide bonds. The maximum atomic E-state index is 12.6. The molecular weight excluding hydrogens is 332 g/mol. The largest absolute Gasteiger partial charge is 0.340 e. The van der Waals surface area contributed by atoms with Crippen LogP contribution in [0.2, 0.25) is 0 Å². The van der Waals surface area contributed by atoms with E-state index in [2.05, 4.69) is 10.6 Å². The van der Waals surface area contributed by atoms with Gasteiger partial charge in [0.1, 0.15) is 12.1 Å². The molecule has 1 spiro atoms. The summed E-state index contributed by atoms with van der Waals surface area (Å²) >= 11 is 0. The topological polar surface area (TPSA) is 81.8 Å². The molecule has 2 atom stereocenters. The van der Waals surface area contributed by atoms with Crippen LogP contribution >= 0.6 is 12.4 Å². The molecule has 3 saturated heterocycles. The highest BCUT2D eigenvalue weighted by molar-refractivity contribution is 6.09. The van der Waals surface area contributed by atoms with Gasteiger partial charge in [-0.05, 0) is 32.1 Å². The average Bonchev–Trinajstić information content (AvgIpc) is 3.16. The van der Waals surface area contributed by atoms with Gasteiger partial charge in [0.05, 0.1) is 0 Å². The Bertz CT molecular complexity index is 549. The van der Waals surface area contributed by atoms with Crippen LogP contribution in [-0.4, -0.2) is 64.9 Å². The van der Waals surface area contributed by atoms with E-state index < -0.39 is 11.6 Å². The van der Waals surface area contributed by atoms with Gasteiger partial charge in [0.2, 0.25) is 5.91 Å². The predicted molar refractivity (Wildman–Crippen MR) is 89.8 cm³/mol. The molecule has 4 fully saturated rings. The summed E-state index contributed by atoms with van der Waals surface area (Å²) in [6.45, 7) is 1.27. The first-order valence-electron chi connectivity index (χ1n) is 8.75. The van der Waals surface area contributed by atoms with Crippen LogP contribution in [0.4, 0.5) is 4.79 Å². The quantitative estimate of drug-likeness (QED) is 0.711. The van der Waals surface area contributed by atoms with Gasteiger partial charge in [0.25, 0.3) is 5.91 Å². The minimum atomic E-state index is -0.725. The van der Waals surface area contributed by atoms with E-state index in [-0.39, 0.29) is 30.8 Å². The second-order valence-corrected chi connectivity index (χ2v) is 7.38. The Balaban J connectivity index is 0.00000169. The number of halogens is 1. The van der Waals surface area contributed by atoms with Crippen molar-refractivity contribution in [2.45, 2.75) is 62.6 Å². The third-order valence-electron chi connectivity index (χ3n) is 5.87. The van der Waals surface area contributed by atoms with Crippen molar-refractivity contribution in [3.8, 4) is 0 Å². The average molecular weight is 357 g/mol. The van der Waals surface area contributed by atoms with Crippen LogP contribution in [-0.2, 0) is 9.59 Å². The zero-order valence-electron chi connectivity index (χ0n) is 13.8. The molecule has 4 aliphatic rings. The maximum Gasteiger partial charge on any atom is 0.325 e. The standard InChI is InChI=1S/C16H24N4O3.ClH/c21-13(19-8-5-11-3-4-12(9-19)17-11)10-20-14(22)16(18-15(20)23)6-1-2-7-16;/h11-12,17H,1-10H2,(H,18,23);1H. The van der Waals surface area contributed by atoms with E-state index in [9.17, 15) is 14.4 Å². The third-order valence-corrected chi connectivity index (χ3v) is 5.87. The van der Waals surface area contributed by atoms with E-state index in [4.69, 9.17) is 0 Å². The molecule has 1 aliphatic carbocycles. The zero-order chi connectivity index (χ0) is 16.0. The first-order valence-corrected chi connectivity index (χ1v) is 8.75. The molecule has 7 nitrogen and oxygen atoms in total. The van der Waals surface area contributed by atoms with Crippen LogP contribution in [0.25, 0.3) is 0 Å². The number of nitrogens with zero attached hydrogens (tertiary/aromatic N) is 2. The number of hydrogen-bond acceptors (Lipinski definition) is 4. The number of likely N-dealkylation sites (tertiary alicyclic amines) is 1. The lowest BCUT2D eigenvalue weighted by Crippen LogP contribution is -2.47. The number of imide groups is 1. The van der Waals surface area contributed by atoms with E-state index in [1.165, 1.54) is 6.42 Å². The first-order chi connectivity index (χ1) is 11.1. The molecule has 4 rings (SSSR count). The molecule has 3 heterocycles. The van der Waals surface area contributed by atoms with Crippen molar-refractivity contribution in [3.63, 3.8) is 0 Å². The minimum absolute atomic E-state index is 0. The summed E-state index contributed by atoms with van der Waals surface area (Å²) in [5.41, 5.74) is -0.725. The molecule has 1 saturated carbocycles. The number of nitrogens with one attached hydrogen (secondary N) is 2. The van der Waals surface area contributed by atoms with Gasteiger partial charge in [-0.25, -0.2) is 4.79 Å². The van der Waals surface area contributed by atoms with Crippen molar-refractivity contribution in [1.82, 2.24) is 20.4 Å². The second-order valence-electron chi connectivity index (χ2n) is 7.38. The number of carbonyl (C=O) groups excluding carboxylic acids is 3. The SMILES string of the molecule is Cl.O=C(CN1C(=O)NC2(CCCC2)C1=O)N1CCC2CCC(C1)N2. The summed E-state index contributed by atoms with van der Waals surface area (Å²) in [4.78, 5) is 40.3. The van der Waals surface area contributed by atoms with Crippen molar-refractivity contribution in [3.05, 3.63) is 0 Å². The zero-order valence-corrected chi connectivity index (χ0v) is 14.6. The monoisotopic (exact) mass is 356 g/mol. The van der Waals surface area contributed by atoms with Crippen LogP contribution in [0.5, 0.6) is 0 Å². The highest BCUT2D eigenvalue weighted by atomic mass is 35.5. The van der Waals surface area contributed by atoms with Crippen LogP contribution in [0, 0.1) is 0 Å². The highest BCUT2D eigenvalue weighted by Crippen LogP contribution is 2.35. The fraction of sp³-hybridized carbons (Fsp3) is 0.812. The summed E-state index contributed by atoms with van der Waals surface area (Å²) in [7, 11) is 0. The number of urea groups is 1. The first kappa shape index (κ1) is 17.5. The Morgan fingerprint density at radius 1 is 1.12 bits per heavy atom. The number of hydrogen-bond donors (Lipinski definition) is 2. The summed E-state index contributed by atoms with van der Waals surface area (Å²) < 4.78 is 0. The normalized spacial score (nSPS) is 31.2. The van der Waals surface area contributed by atoms with E-state index in [1.807, 2.05) is 4.90 Å². The minimum Gasteiger partial charge on any atom is -0.340 e. The van der Waals surface area contributed by atoms with Crippen LogP contribution < -0.4 is 10.6 Å². The van der Waals surface area contributed by atoms with Gasteiger partial charge in [-0.3, -0.25) is 14.5 Å². The van der Waals surface area contributed by atoms with E-state index in [0.29, 0.717) is 38.0 Å². The number of carbonyl (C=O) groups is 3. The third kappa shape index (κ3) is 2.88. The summed E-state index contributed by atoms with van der Waals surface area (Å²) in [5, 5.41) is 6.37. The van der Waals surface area contributed by atoms with E-state index in [0.717, 1.165) is 30.6 Å². The molecule has 134 valence electrons. The highest BCUT2D eigenvalue weighted by Gasteiger charge is 2.53. The van der Waals surface area contributed by atoms with Crippen molar-refractivity contribution in [2.75, 3.05) is 19.6 Å². The smallest absolute Gasteiger partial charge is 0.325 e. The Morgan fingerprint density at radius 2 is 1.83 bits per heavy atom. The van der Waals surface area contributed by atoms with E-state index >= 15 is 0 Å². The van der Waals surface area contributed by atoms with Gasteiger partial charge in [-0.1, -0.05) is 12.8 Å².